The van der Waals surface area contributed by atoms with Gasteiger partial charge in [-0.25, -0.2) is 4.79 Å². The molecule has 1 aliphatic rings. The molecule has 0 aromatic rings. The van der Waals surface area contributed by atoms with E-state index in [1.807, 2.05) is 0 Å². The van der Waals surface area contributed by atoms with Crippen LogP contribution in [-0.2, 0) is 9.47 Å². The third kappa shape index (κ3) is 1.60. The quantitative estimate of drug-likeness (QED) is 0.565. The molecule has 1 atom stereocenters. The van der Waals surface area contributed by atoms with Crippen LogP contribution in [0, 0.1) is 0 Å². The number of carbonyl (C=O) groups is 1. The molecule has 58 valence electrons. The van der Waals surface area contributed by atoms with E-state index in [2.05, 4.69) is 4.74 Å². The predicted octanol–water partition coefficient (Wildman–Crippen LogP) is 1.21. The van der Waals surface area contributed by atoms with Crippen molar-refractivity contribution in [2.24, 2.45) is 0 Å². The van der Waals surface area contributed by atoms with Gasteiger partial charge in [0.1, 0.15) is 0 Å². The van der Waals surface area contributed by atoms with E-state index in [1.54, 1.807) is 6.92 Å². The van der Waals surface area contributed by atoms with Gasteiger partial charge in [-0.3, -0.25) is 0 Å². The lowest BCUT2D eigenvalue weighted by molar-refractivity contribution is -0.167. The van der Waals surface area contributed by atoms with Crippen molar-refractivity contribution in [3.05, 3.63) is 0 Å². The highest BCUT2D eigenvalue weighted by Crippen LogP contribution is 2.25. The monoisotopic (exact) mass is 146 g/mol. The van der Waals surface area contributed by atoms with Gasteiger partial charge in [-0.05, 0) is 6.42 Å². The molecule has 1 saturated heterocycles. The summed E-state index contributed by atoms with van der Waals surface area (Å²) in [5, 5.41) is 8.24. The van der Waals surface area contributed by atoms with Crippen molar-refractivity contribution < 1.29 is 19.4 Å². The van der Waals surface area contributed by atoms with Crippen LogP contribution < -0.4 is 0 Å². The van der Waals surface area contributed by atoms with E-state index in [0.29, 0.717) is 13.0 Å². The second-order valence-electron chi connectivity index (χ2n) is 2.45. The molecule has 0 saturated carbocycles. The average Bonchev–Trinajstić information content (AvgIpc) is 2.12. The van der Waals surface area contributed by atoms with Gasteiger partial charge in [0.25, 0.3) is 0 Å². The Hall–Kier alpha value is -0.770. The summed E-state index contributed by atoms with van der Waals surface area (Å²) in [5.41, 5.74) is 0. The molecule has 1 N–H and O–H groups in total. The van der Waals surface area contributed by atoms with Crippen LogP contribution in [0.4, 0.5) is 4.79 Å². The molecule has 1 heterocycles. The molecule has 1 aliphatic heterocycles. The Morgan fingerprint density at radius 3 is 2.90 bits per heavy atom. The lowest BCUT2D eigenvalue weighted by Gasteiger charge is -2.20. The standard InChI is InChI=1S/C6H10O4/c1-6(10-5(7)8)3-2-4-9-6/h2-4H2,1H3,(H,7,8). The number of hydrogen-bond donors (Lipinski definition) is 1. The minimum Gasteiger partial charge on any atom is -0.450 e. The van der Waals surface area contributed by atoms with E-state index in [0.717, 1.165) is 6.42 Å². The lowest BCUT2D eigenvalue weighted by atomic mass is 10.2. The van der Waals surface area contributed by atoms with Crippen LogP contribution in [-0.4, -0.2) is 23.7 Å². The van der Waals surface area contributed by atoms with Crippen LogP contribution in [0.2, 0.25) is 0 Å². The van der Waals surface area contributed by atoms with Crippen LogP contribution in [0.25, 0.3) is 0 Å². The number of carboxylic acid groups (broad SMARTS) is 1. The van der Waals surface area contributed by atoms with E-state index in [4.69, 9.17) is 9.84 Å². The van der Waals surface area contributed by atoms with Gasteiger partial charge in [0.2, 0.25) is 5.79 Å². The van der Waals surface area contributed by atoms with E-state index in [9.17, 15) is 4.79 Å². The average molecular weight is 146 g/mol. The maximum Gasteiger partial charge on any atom is 0.508 e. The van der Waals surface area contributed by atoms with Crippen molar-refractivity contribution in [1.29, 1.82) is 0 Å². The molecule has 1 unspecified atom stereocenters. The summed E-state index contributed by atoms with van der Waals surface area (Å²) < 4.78 is 9.54. The lowest BCUT2D eigenvalue weighted by Crippen LogP contribution is -2.29. The number of ether oxygens (including phenoxy) is 2. The van der Waals surface area contributed by atoms with Crippen LogP contribution in [0.1, 0.15) is 19.8 Å². The minimum absolute atomic E-state index is 0.587. The van der Waals surface area contributed by atoms with E-state index < -0.39 is 11.9 Å². The van der Waals surface area contributed by atoms with Crippen molar-refractivity contribution in [3.8, 4) is 0 Å². The first-order chi connectivity index (χ1) is 4.62. The summed E-state index contributed by atoms with van der Waals surface area (Å²) in [6.45, 7) is 2.22. The van der Waals surface area contributed by atoms with Gasteiger partial charge in [0, 0.05) is 13.3 Å². The van der Waals surface area contributed by atoms with Gasteiger partial charge in [-0.1, -0.05) is 0 Å². The zero-order valence-electron chi connectivity index (χ0n) is 5.79. The summed E-state index contributed by atoms with van der Waals surface area (Å²) in [7, 11) is 0. The molecule has 10 heavy (non-hydrogen) atoms. The number of rotatable bonds is 1. The SMILES string of the molecule is CC1(OC(=O)O)CCCO1. The normalized spacial score (nSPS) is 32.1. The van der Waals surface area contributed by atoms with Gasteiger partial charge >= 0.3 is 6.16 Å². The van der Waals surface area contributed by atoms with Crippen molar-refractivity contribution in [1.82, 2.24) is 0 Å². The van der Waals surface area contributed by atoms with Crippen molar-refractivity contribution in [3.63, 3.8) is 0 Å². The highest BCUT2D eigenvalue weighted by Gasteiger charge is 2.33. The molecule has 1 rings (SSSR count). The first kappa shape index (κ1) is 7.34. The second-order valence-corrected chi connectivity index (χ2v) is 2.45. The summed E-state index contributed by atoms with van der Waals surface area (Å²) in [6.07, 6.45) is 0.243. The Morgan fingerprint density at radius 2 is 2.50 bits per heavy atom. The van der Waals surface area contributed by atoms with Crippen LogP contribution >= 0.6 is 0 Å². The minimum atomic E-state index is -1.27. The summed E-state index contributed by atoms with van der Waals surface area (Å²) in [4.78, 5) is 10.1. The first-order valence-electron chi connectivity index (χ1n) is 3.18. The Labute approximate surface area is 58.7 Å². The van der Waals surface area contributed by atoms with Crippen LogP contribution in [0.15, 0.2) is 0 Å². The fourth-order valence-corrected chi connectivity index (χ4v) is 1.02. The molecule has 0 bridgehead atoms. The third-order valence-corrected chi connectivity index (χ3v) is 1.49. The zero-order chi connectivity index (χ0) is 7.61. The van der Waals surface area contributed by atoms with E-state index in [-0.39, 0.29) is 0 Å². The van der Waals surface area contributed by atoms with Crippen molar-refractivity contribution in [2.75, 3.05) is 6.61 Å². The van der Waals surface area contributed by atoms with Gasteiger partial charge in [0.05, 0.1) is 6.61 Å². The molecule has 0 radical (unpaired) electrons. The molecular formula is C6H10O4. The van der Waals surface area contributed by atoms with Crippen LogP contribution in [0.3, 0.4) is 0 Å². The smallest absolute Gasteiger partial charge is 0.450 e. The Kier molecular flexibility index (Phi) is 1.80. The van der Waals surface area contributed by atoms with Gasteiger partial charge in [-0.15, -0.1) is 0 Å². The molecular weight excluding hydrogens is 136 g/mol. The largest absolute Gasteiger partial charge is 0.508 e. The Morgan fingerprint density at radius 1 is 1.80 bits per heavy atom. The van der Waals surface area contributed by atoms with Crippen molar-refractivity contribution in [2.45, 2.75) is 25.6 Å². The van der Waals surface area contributed by atoms with E-state index >= 15 is 0 Å². The van der Waals surface area contributed by atoms with E-state index in [1.165, 1.54) is 0 Å². The zero-order valence-corrected chi connectivity index (χ0v) is 5.79. The second kappa shape index (κ2) is 2.46. The molecule has 0 spiro atoms. The Balaban J connectivity index is 2.43. The van der Waals surface area contributed by atoms with Crippen LogP contribution in [0.5, 0.6) is 0 Å². The fraction of sp³-hybridized carbons (Fsp3) is 0.833. The molecule has 0 aliphatic carbocycles. The molecule has 0 aromatic heterocycles. The summed E-state index contributed by atoms with van der Waals surface area (Å²) >= 11 is 0. The predicted molar refractivity (Wildman–Crippen MR) is 32.7 cm³/mol. The third-order valence-electron chi connectivity index (χ3n) is 1.49. The molecule has 4 heteroatoms. The first-order valence-corrected chi connectivity index (χ1v) is 3.18. The number of hydrogen-bond acceptors (Lipinski definition) is 3. The molecule has 0 amide bonds. The fourth-order valence-electron chi connectivity index (χ4n) is 1.02. The maximum atomic E-state index is 10.1. The summed E-state index contributed by atoms with van der Waals surface area (Å²) in [5.74, 6) is -0.883. The highest BCUT2D eigenvalue weighted by atomic mass is 16.8. The van der Waals surface area contributed by atoms with Gasteiger partial charge in [-0.2, -0.15) is 0 Å². The van der Waals surface area contributed by atoms with Gasteiger partial charge < -0.3 is 14.6 Å². The maximum absolute atomic E-state index is 10.1. The molecule has 4 nitrogen and oxygen atoms in total. The molecule has 0 aromatic carbocycles. The van der Waals surface area contributed by atoms with Gasteiger partial charge in [0.15, 0.2) is 0 Å². The van der Waals surface area contributed by atoms with Crippen molar-refractivity contribution >= 4 is 6.16 Å². The topological polar surface area (TPSA) is 55.8 Å². The molecule has 1 fully saturated rings. The highest BCUT2D eigenvalue weighted by molar-refractivity contribution is 5.57. The summed E-state index contributed by atoms with van der Waals surface area (Å²) in [6, 6.07) is 0. The Bertz CT molecular complexity index is 137.